The molecule has 0 saturated carbocycles. The van der Waals surface area contributed by atoms with Crippen molar-refractivity contribution in [2.45, 2.75) is 13.0 Å². The summed E-state index contributed by atoms with van der Waals surface area (Å²) in [5, 5.41) is 0. The molecule has 1 unspecified atom stereocenters. The Balaban J connectivity index is 1.78. The molecule has 0 fully saturated rings. The maximum absolute atomic E-state index is 13.3. The molecule has 1 atom stereocenters. The predicted octanol–water partition coefficient (Wildman–Crippen LogP) is 2.31. The van der Waals surface area contributed by atoms with Crippen LogP contribution in [0.1, 0.15) is 5.56 Å². The maximum atomic E-state index is 13.3. The molecular weight excluding hydrogens is 259 g/mol. The number of hydrogen-bond donors (Lipinski definition) is 1. The lowest BCUT2D eigenvalue weighted by Crippen LogP contribution is -2.34. The Labute approximate surface area is 117 Å². The van der Waals surface area contributed by atoms with Gasteiger partial charge in [-0.1, -0.05) is 12.1 Å². The van der Waals surface area contributed by atoms with Crippen LogP contribution in [0.15, 0.2) is 42.7 Å². The Morgan fingerprint density at radius 3 is 2.70 bits per heavy atom. The van der Waals surface area contributed by atoms with Gasteiger partial charge in [-0.15, -0.1) is 0 Å². The van der Waals surface area contributed by atoms with Crippen LogP contribution in [0.4, 0.5) is 4.39 Å². The molecule has 2 N–H and O–H groups in total. The molecular formula is C15H17FN2O2. The highest BCUT2D eigenvalue weighted by Crippen LogP contribution is 2.15. The van der Waals surface area contributed by atoms with Gasteiger partial charge in [0.15, 0.2) is 11.6 Å². The molecule has 1 heterocycles. The number of benzene rings is 1. The van der Waals surface area contributed by atoms with E-state index in [-0.39, 0.29) is 25.0 Å². The SMILES string of the molecule is Cc1cncc(OCC(N)COc2ccccc2F)c1. The third kappa shape index (κ3) is 4.20. The zero-order valence-corrected chi connectivity index (χ0v) is 11.3. The summed E-state index contributed by atoms with van der Waals surface area (Å²) < 4.78 is 24.2. The van der Waals surface area contributed by atoms with Crippen molar-refractivity contribution in [1.82, 2.24) is 4.98 Å². The van der Waals surface area contributed by atoms with Crippen LogP contribution >= 0.6 is 0 Å². The normalized spacial score (nSPS) is 11.9. The van der Waals surface area contributed by atoms with E-state index in [0.29, 0.717) is 5.75 Å². The molecule has 0 amide bonds. The zero-order chi connectivity index (χ0) is 14.4. The second-order valence-corrected chi connectivity index (χ2v) is 4.51. The average molecular weight is 276 g/mol. The van der Waals surface area contributed by atoms with E-state index in [0.717, 1.165) is 5.56 Å². The van der Waals surface area contributed by atoms with E-state index in [2.05, 4.69) is 4.98 Å². The quantitative estimate of drug-likeness (QED) is 0.879. The van der Waals surface area contributed by atoms with Gasteiger partial charge in [-0.05, 0) is 30.7 Å². The van der Waals surface area contributed by atoms with Crippen LogP contribution in [0.3, 0.4) is 0 Å². The van der Waals surface area contributed by atoms with E-state index in [4.69, 9.17) is 15.2 Å². The van der Waals surface area contributed by atoms with Crippen molar-refractivity contribution in [3.8, 4) is 11.5 Å². The Kier molecular flexibility index (Phi) is 4.90. The molecule has 20 heavy (non-hydrogen) atoms. The van der Waals surface area contributed by atoms with Gasteiger partial charge in [-0.3, -0.25) is 4.98 Å². The van der Waals surface area contributed by atoms with Gasteiger partial charge in [0.05, 0.1) is 12.2 Å². The molecule has 5 heteroatoms. The lowest BCUT2D eigenvalue weighted by molar-refractivity contribution is 0.215. The summed E-state index contributed by atoms with van der Waals surface area (Å²) in [7, 11) is 0. The maximum Gasteiger partial charge on any atom is 0.165 e. The summed E-state index contributed by atoms with van der Waals surface area (Å²) in [5.74, 6) is 0.454. The molecule has 0 bridgehead atoms. The third-order valence-electron chi connectivity index (χ3n) is 2.60. The van der Waals surface area contributed by atoms with Gasteiger partial charge < -0.3 is 15.2 Å². The van der Waals surface area contributed by atoms with Gasteiger partial charge in [0.25, 0.3) is 0 Å². The van der Waals surface area contributed by atoms with E-state index in [1.165, 1.54) is 6.07 Å². The number of aromatic nitrogens is 1. The van der Waals surface area contributed by atoms with Crippen LogP contribution in [0, 0.1) is 12.7 Å². The van der Waals surface area contributed by atoms with Crippen LogP contribution in [0.5, 0.6) is 11.5 Å². The molecule has 106 valence electrons. The highest BCUT2D eigenvalue weighted by Gasteiger charge is 2.07. The van der Waals surface area contributed by atoms with Crippen molar-refractivity contribution in [2.24, 2.45) is 5.73 Å². The molecule has 4 nitrogen and oxygen atoms in total. The fraction of sp³-hybridized carbons (Fsp3) is 0.267. The number of nitrogens with two attached hydrogens (primary N) is 1. The molecule has 2 aromatic rings. The number of ether oxygens (including phenoxy) is 2. The fourth-order valence-electron chi connectivity index (χ4n) is 1.62. The van der Waals surface area contributed by atoms with Crippen molar-refractivity contribution in [3.05, 3.63) is 54.1 Å². The lowest BCUT2D eigenvalue weighted by Gasteiger charge is -2.14. The number of rotatable bonds is 6. The van der Waals surface area contributed by atoms with E-state index >= 15 is 0 Å². The largest absolute Gasteiger partial charge is 0.490 e. The van der Waals surface area contributed by atoms with Crippen LogP contribution < -0.4 is 15.2 Å². The van der Waals surface area contributed by atoms with Crippen molar-refractivity contribution >= 4 is 0 Å². The Hall–Kier alpha value is -2.14. The molecule has 0 aliphatic carbocycles. The van der Waals surface area contributed by atoms with Gasteiger partial charge in [0.2, 0.25) is 0 Å². The molecule has 0 spiro atoms. The van der Waals surface area contributed by atoms with Crippen molar-refractivity contribution in [3.63, 3.8) is 0 Å². The van der Waals surface area contributed by atoms with Crippen LogP contribution in [0.25, 0.3) is 0 Å². The highest BCUT2D eigenvalue weighted by atomic mass is 19.1. The molecule has 0 aliphatic heterocycles. The number of halogens is 1. The number of pyridine rings is 1. The molecule has 0 radical (unpaired) electrons. The first-order valence-corrected chi connectivity index (χ1v) is 6.32. The van der Waals surface area contributed by atoms with Crippen molar-refractivity contribution < 1.29 is 13.9 Å². The molecule has 0 aliphatic rings. The third-order valence-corrected chi connectivity index (χ3v) is 2.60. The van der Waals surface area contributed by atoms with Crippen LogP contribution in [0.2, 0.25) is 0 Å². The highest BCUT2D eigenvalue weighted by molar-refractivity contribution is 5.24. The molecule has 1 aromatic heterocycles. The zero-order valence-electron chi connectivity index (χ0n) is 11.3. The summed E-state index contributed by atoms with van der Waals surface area (Å²) in [4.78, 5) is 4.02. The number of hydrogen-bond acceptors (Lipinski definition) is 4. The van der Waals surface area contributed by atoms with Gasteiger partial charge in [-0.2, -0.15) is 0 Å². The minimum Gasteiger partial charge on any atom is -0.490 e. The van der Waals surface area contributed by atoms with Gasteiger partial charge in [0.1, 0.15) is 19.0 Å². The monoisotopic (exact) mass is 276 g/mol. The second-order valence-electron chi connectivity index (χ2n) is 4.51. The Morgan fingerprint density at radius 1 is 1.20 bits per heavy atom. The van der Waals surface area contributed by atoms with Gasteiger partial charge in [0, 0.05) is 6.20 Å². The minimum atomic E-state index is -0.400. The first-order chi connectivity index (χ1) is 9.65. The van der Waals surface area contributed by atoms with Crippen molar-refractivity contribution in [1.29, 1.82) is 0 Å². The first kappa shape index (κ1) is 14.3. The topological polar surface area (TPSA) is 57.4 Å². The first-order valence-electron chi connectivity index (χ1n) is 6.32. The summed E-state index contributed by atoms with van der Waals surface area (Å²) >= 11 is 0. The van der Waals surface area contributed by atoms with E-state index in [1.807, 2.05) is 13.0 Å². The summed E-state index contributed by atoms with van der Waals surface area (Å²) in [5.41, 5.74) is 6.88. The second kappa shape index (κ2) is 6.86. The Bertz CT molecular complexity index is 563. The van der Waals surface area contributed by atoms with Crippen LogP contribution in [-0.4, -0.2) is 24.2 Å². The van der Waals surface area contributed by atoms with E-state index in [9.17, 15) is 4.39 Å². The fourth-order valence-corrected chi connectivity index (χ4v) is 1.62. The summed E-state index contributed by atoms with van der Waals surface area (Å²) in [6.07, 6.45) is 3.37. The van der Waals surface area contributed by atoms with Gasteiger partial charge in [-0.25, -0.2) is 4.39 Å². The van der Waals surface area contributed by atoms with E-state index < -0.39 is 5.82 Å². The average Bonchev–Trinajstić information content (AvgIpc) is 2.44. The summed E-state index contributed by atoms with van der Waals surface area (Å²) in [6, 6.07) is 7.74. The number of para-hydroxylation sites is 1. The van der Waals surface area contributed by atoms with Crippen molar-refractivity contribution in [2.75, 3.05) is 13.2 Å². The van der Waals surface area contributed by atoms with Gasteiger partial charge >= 0.3 is 0 Å². The molecule has 0 saturated heterocycles. The Morgan fingerprint density at radius 2 is 1.95 bits per heavy atom. The number of nitrogens with zero attached hydrogens (tertiary/aromatic N) is 1. The predicted molar refractivity (Wildman–Crippen MR) is 74.3 cm³/mol. The summed E-state index contributed by atoms with van der Waals surface area (Å²) in [6.45, 7) is 2.39. The molecule has 2 rings (SSSR count). The minimum absolute atomic E-state index is 0.181. The standard InChI is InChI=1S/C15H17FN2O2/c1-11-6-13(8-18-7-11)19-9-12(17)10-20-15-5-3-2-4-14(15)16/h2-8,12H,9-10,17H2,1H3. The van der Waals surface area contributed by atoms with Crippen LogP contribution in [-0.2, 0) is 0 Å². The number of aryl methyl sites for hydroxylation is 1. The smallest absolute Gasteiger partial charge is 0.165 e. The lowest BCUT2D eigenvalue weighted by atomic mass is 10.3. The van der Waals surface area contributed by atoms with E-state index in [1.54, 1.807) is 30.6 Å². The molecule has 1 aromatic carbocycles.